The molecule has 0 atom stereocenters. The van der Waals surface area contributed by atoms with Gasteiger partial charge in [0.05, 0.1) is 4.92 Å². The highest BCUT2D eigenvalue weighted by molar-refractivity contribution is 6.04. The van der Waals surface area contributed by atoms with E-state index in [-0.39, 0.29) is 11.3 Å². The van der Waals surface area contributed by atoms with Gasteiger partial charge in [0.15, 0.2) is 0 Å². The topological polar surface area (TPSA) is 81.5 Å². The number of hydrogen-bond donors (Lipinski definition) is 1. The molecular formula is C16H14N2O4. The second-order valence-corrected chi connectivity index (χ2v) is 4.39. The fraction of sp³-hybridized carbons (Fsp3) is 0.0625. The van der Waals surface area contributed by atoms with Crippen molar-refractivity contribution in [3.63, 3.8) is 0 Å². The SMILES string of the molecule is C=CCOc1cccc(NC(=O)c2cccc([N+](=O)[O-])c2)c1. The molecule has 1 N–H and O–H groups in total. The number of ether oxygens (including phenoxy) is 1. The molecule has 0 fully saturated rings. The van der Waals surface area contributed by atoms with Gasteiger partial charge in [-0.15, -0.1) is 0 Å². The maximum Gasteiger partial charge on any atom is 0.270 e. The number of amides is 1. The van der Waals surface area contributed by atoms with Crippen LogP contribution >= 0.6 is 0 Å². The van der Waals surface area contributed by atoms with E-state index in [2.05, 4.69) is 11.9 Å². The summed E-state index contributed by atoms with van der Waals surface area (Å²) >= 11 is 0. The van der Waals surface area contributed by atoms with Gasteiger partial charge >= 0.3 is 0 Å². The molecule has 22 heavy (non-hydrogen) atoms. The summed E-state index contributed by atoms with van der Waals surface area (Å²) in [6, 6.07) is 12.4. The lowest BCUT2D eigenvalue weighted by atomic mass is 10.2. The number of benzene rings is 2. The van der Waals surface area contributed by atoms with Crippen LogP contribution in [-0.2, 0) is 0 Å². The second kappa shape index (κ2) is 7.03. The molecule has 0 heterocycles. The van der Waals surface area contributed by atoms with Crippen molar-refractivity contribution in [1.29, 1.82) is 0 Å². The molecule has 0 aliphatic heterocycles. The van der Waals surface area contributed by atoms with Crippen LogP contribution in [0.4, 0.5) is 11.4 Å². The van der Waals surface area contributed by atoms with Crippen LogP contribution in [0.2, 0.25) is 0 Å². The average Bonchev–Trinajstić information content (AvgIpc) is 2.53. The smallest absolute Gasteiger partial charge is 0.270 e. The number of hydrogen-bond acceptors (Lipinski definition) is 4. The number of non-ortho nitro benzene ring substituents is 1. The third-order valence-corrected chi connectivity index (χ3v) is 2.78. The Morgan fingerprint density at radius 2 is 2.05 bits per heavy atom. The molecule has 0 aliphatic rings. The van der Waals surface area contributed by atoms with Crippen LogP contribution < -0.4 is 10.1 Å². The summed E-state index contributed by atoms with van der Waals surface area (Å²) in [6.45, 7) is 3.92. The zero-order valence-corrected chi connectivity index (χ0v) is 11.7. The zero-order chi connectivity index (χ0) is 15.9. The van der Waals surface area contributed by atoms with Crippen LogP contribution in [0.1, 0.15) is 10.4 Å². The van der Waals surface area contributed by atoms with Gasteiger partial charge in [-0.1, -0.05) is 24.8 Å². The monoisotopic (exact) mass is 298 g/mol. The minimum Gasteiger partial charge on any atom is -0.489 e. The summed E-state index contributed by atoms with van der Waals surface area (Å²) in [6.07, 6.45) is 1.62. The Morgan fingerprint density at radius 3 is 2.77 bits per heavy atom. The number of nitro benzene ring substituents is 1. The molecule has 1 amide bonds. The first-order valence-electron chi connectivity index (χ1n) is 6.49. The van der Waals surface area contributed by atoms with E-state index in [1.807, 2.05) is 0 Å². The van der Waals surface area contributed by atoms with E-state index in [0.29, 0.717) is 18.0 Å². The van der Waals surface area contributed by atoms with E-state index in [1.165, 1.54) is 24.3 Å². The fourth-order valence-corrected chi connectivity index (χ4v) is 1.78. The molecule has 0 aromatic heterocycles. The largest absolute Gasteiger partial charge is 0.489 e. The van der Waals surface area contributed by atoms with E-state index in [1.54, 1.807) is 30.3 Å². The molecule has 0 bridgehead atoms. The highest BCUT2D eigenvalue weighted by atomic mass is 16.6. The first kappa shape index (κ1) is 15.2. The maximum atomic E-state index is 12.1. The molecule has 112 valence electrons. The zero-order valence-electron chi connectivity index (χ0n) is 11.7. The van der Waals surface area contributed by atoms with Crippen LogP contribution in [-0.4, -0.2) is 17.4 Å². The van der Waals surface area contributed by atoms with Gasteiger partial charge in [-0.05, 0) is 18.2 Å². The molecule has 0 unspecified atom stereocenters. The standard InChI is InChI=1S/C16H14N2O4/c1-2-9-22-15-8-4-6-13(11-15)17-16(19)12-5-3-7-14(10-12)18(20)21/h2-8,10-11H,1,9H2,(H,17,19). The highest BCUT2D eigenvalue weighted by Gasteiger charge is 2.11. The molecule has 6 nitrogen and oxygen atoms in total. The molecule has 0 saturated heterocycles. The maximum absolute atomic E-state index is 12.1. The van der Waals surface area contributed by atoms with Crippen LogP contribution in [0.25, 0.3) is 0 Å². The summed E-state index contributed by atoms with van der Waals surface area (Å²) in [7, 11) is 0. The summed E-state index contributed by atoms with van der Waals surface area (Å²) in [5.74, 6) is 0.168. The van der Waals surface area contributed by atoms with Gasteiger partial charge in [-0.2, -0.15) is 0 Å². The fourth-order valence-electron chi connectivity index (χ4n) is 1.78. The summed E-state index contributed by atoms with van der Waals surface area (Å²) < 4.78 is 5.38. The Kier molecular flexibility index (Phi) is 4.87. The van der Waals surface area contributed by atoms with Crippen molar-refractivity contribution in [2.75, 3.05) is 11.9 Å². The number of rotatable bonds is 6. The lowest BCUT2D eigenvalue weighted by Gasteiger charge is -2.08. The molecule has 0 spiro atoms. The number of carbonyl (C=O) groups is 1. The summed E-state index contributed by atoms with van der Waals surface area (Å²) in [4.78, 5) is 22.3. The number of nitrogens with one attached hydrogen (secondary N) is 1. The Hall–Kier alpha value is -3.15. The van der Waals surface area contributed by atoms with Crippen LogP contribution in [0.3, 0.4) is 0 Å². The van der Waals surface area contributed by atoms with Gasteiger partial charge in [0, 0.05) is 29.4 Å². The van der Waals surface area contributed by atoms with E-state index in [0.717, 1.165) is 0 Å². The van der Waals surface area contributed by atoms with Crippen LogP contribution in [0.5, 0.6) is 5.75 Å². The number of nitrogens with zero attached hydrogens (tertiary/aromatic N) is 1. The molecule has 2 aromatic rings. The van der Waals surface area contributed by atoms with Crippen LogP contribution in [0, 0.1) is 10.1 Å². The third kappa shape index (κ3) is 3.92. The van der Waals surface area contributed by atoms with Crippen molar-refractivity contribution in [2.45, 2.75) is 0 Å². The lowest BCUT2D eigenvalue weighted by Crippen LogP contribution is -2.12. The predicted octanol–water partition coefficient (Wildman–Crippen LogP) is 3.41. The number of anilines is 1. The second-order valence-electron chi connectivity index (χ2n) is 4.39. The Balaban J connectivity index is 2.13. The van der Waals surface area contributed by atoms with Gasteiger partial charge in [0.2, 0.25) is 0 Å². The highest BCUT2D eigenvalue weighted by Crippen LogP contribution is 2.19. The van der Waals surface area contributed by atoms with Crippen molar-refractivity contribution < 1.29 is 14.5 Å². The van der Waals surface area contributed by atoms with Crippen molar-refractivity contribution in [2.24, 2.45) is 0 Å². The summed E-state index contributed by atoms with van der Waals surface area (Å²) in [5.41, 5.74) is 0.625. The lowest BCUT2D eigenvalue weighted by molar-refractivity contribution is -0.384. The molecule has 0 aliphatic carbocycles. The number of nitro groups is 1. The normalized spacial score (nSPS) is 9.82. The molecule has 0 radical (unpaired) electrons. The summed E-state index contributed by atoms with van der Waals surface area (Å²) in [5, 5.41) is 13.4. The predicted molar refractivity (Wildman–Crippen MR) is 83.2 cm³/mol. The van der Waals surface area contributed by atoms with Gasteiger partial charge in [0.25, 0.3) is 11.6 Å². The first-order chi connectivity index (χ1) is 10.6. The van der Waals surface area contributed by atoms with Crippen molar-refractivity contribution in [3.8, 4) is 5.75 Å². The molecule has 6 heteroatoms. The Morgan fingerprint density at radius 1 is 1.27 bits per heavy atom. The third-order valence-electron chi connectivity index (χ3n) is 2.78. The molecule has 2 aromatic carbocycles. The van der Waals surface area contributed by atoms with Gasteiger partial charge < -0.3 is 10.1 Å². The van der Waals surface area contributed by atoms with Gasteiger partial charge in [-0.3, -0.25) is 14.9 Å². The number of carbonyl (C=O) groups excluding carboxylic acids is 1. The average molecular weight is 298 g/mol. The van der Waals surface area contributed by atoms with E-state index < -0.39 is 10.8 Å². The molecule has 2 rings (SSSR count). The minimum atomic E-state index is -0.541. The molecular weight excluding hydrogens is 284 g/mol. The van der Waals surface area contributed by atoms with Gasteiger partial charge in [-0.25, -0.2) is 0 Å². The van der Waals surface area contributed by atoms with Crippen molar-refractivity contribution in [3.05, 3.63) is 76.9 Å². The first-order valence-corrected chi connectivity index (χ1v) is 6.49. The Labute approximate surface area is 127 Å². The van der Waals surface area contributed by atoms with Crippen LogP contribution in [0.15, 0.2) is 61.2 Å². The van der Waals surface area contributed by atoms with E-state index in [4.69, 9.17) is 4.74 Å². The van der Waals surface area contributed by atoms with Crippen molar-refractivity contribution in [1.82, 2.24) is 0 Å². The quantitative estimate of drug-likeness (QED) is 0.503. The van der Waals surface area contributed by atoms with E-state index in [9.17, 15) is 14.9 Å². The molecule has 0 saturated carbocycles. The van der Waals surface area contributed by atoms with E-state index >= 15 is 0 Å². The van der Waals surface area contributed by atoms with Gasteiger partial charge in [0.1, 0.15) is 12.4 Å². The Bertz CT molecular complexity index is 713. The minimum absolute atomic E-state index is 0.129. The van der Waals surface area contributed by atoms with Crippen molar-refractivity contribution >= 4 is 17.3 Å².